The predicted molar refractivity (Wildman–Crippen MR) is 127 cm³/mol. The summed E-state index contributed by atoms with van der Waals surface area (Å²) in [5, 5.41) is 4.49. The minimum Gasteiger partial charge on any atom is -0.494 e. The van der Waals surface area contributed by atoms with E-state index in [0.29, 0.717) is 22.9 Å². The molecule has 4 nitrogen and oxygen atoms in total. The van der Waals surface area contributed by atoms with Crippen LogP contribution in [0.3, 0.4) is 0 Å². The number of hydrogen-bond acceptors (Lipinski definition) is 3. The average molecular weight is 431 g/mol. The van der Waals surface area contributed by atoms with E-state index < -0.39 is 0 Å². The zero-order valence-electron chi connectivity index (χ0n) is 17.5. The summed E-state index contributed by atoms with van der Waals surface area (Å²) in [6.07, 6.45) is 0.884. The van der Waals surface area contributed by atoms with Crippen LogP contribution in [-0.2, 0) is 6.42 Å². The van der Waals surface area contributed by atoms with Gasteiger partial charge in [0.1, 0.15) is 5.75 Å². The molecule has 1 aromatic heterocycles. The Morgan fingerprint density at radius 1 is 0.968 bits per heavy atom. The van der Waals surface area contributed by atoms with Crippen molar-refractivity contribution < 1.29 is 9.53 Å². The first-order valence-electron chi connectivity index (χ1n) is 10.3. The summed E-state index contributed by atoms with van der Waals surface area (Å²) in [6.45, 7) is 4.63. The van der Waals surface area contributed by atoms with Crippen LogP contribution in [0.1, 0.15) is 29.8 Å². The van der Waals surface area contributed by atoms with Gasteiger partial charge in [0.25, 0.3) is 5.91 Å². The fraction of sp³-hybridized carbons (Fsp3) is 0.154. The van der Waals surface area contributed by atoms with Gasteiger partial charge in [0.05, 0.1) is 23.4 Å². The van der Waals surface area contributed by atoms with E-state index >= 15 is 0 Å². The number of rotatable bonds is 6. The monoisotopic (exact) mass is 430 g/mol. The van der Waals surface area contributed by atoms with Gasteiger partial charge in [-0.2, -0.15) is 0 Å². The molecular formula is C26H23ClN2O2. The largest absolute Gasteiger partial charge is 0.494 e. The molecule has 0 fully saturated rings. The second-order valence-electron chi connectivity index (χ2n) is 7.18. The highest BCUT2D eigenvalue weighted by Crippen LogP contribution is 2.28. The molecule has 0 unspecified atom stereocenters. The summed E-state index contributed by atoms with van der Waals surface area (Å²) in [6, 6.07) is 22.7. The quantitative estimate of drug-likeness (QED) is 0.367. The zero-order chi connectivity index (χ0) is 21.8. The SMILES string of the molecule is CCOc1ccc(NC(=O)c2cc(-c3ccc(Cl)cc3)nc3ccc(CC)cc23)cc1. The van der Waals surface area contributed by atoms with Gasteiger partial charge in [0.2, 0.25) is 0 Å². The Bertz CT molecular complexity index is 1220. The normalized spacial score (nSPS) is 10.8. The third-order valence-corrected chi connectivity index (χ3v) is 5.34. The summed E-state index contributed by atoms with van der Waals surface area (Å²) in [5.74, 6) is 0.590. The summed E-state index contributed by atoms with van der Waals surface area (Å²) in [5.41, 5.74) is 4.86. The number of ether oxygens (including phenoxy) is 1. The number of benzene rings is 3. The van der Waals surface area contributed by atoms with Crippen molar-refractivity contribution in [2.75, 3.05) is 11.9 Å². The van der Waals surface area contributed by atoms with Crippen molar-refractivity contribution in [2.45, 2.75) is 20.3 Å². The molecule has 0 bridgehead atoms. The first kappa shape index (κ1) is 20.9. The Labute approximate surface area is 186 Å². The molecule has 4 aromatic rings. The van der Waals surface area contributed by atoms with Gasteiger partial charge in [-0.25, -0.2) is 4.98 Å². The smallest absolute Gasteiger partial charge is 0.256 e. The summed E-state index contributed by atoms with van der Waals surface area (Å²) < 4.78 is 5.48. The minimum atomic E-state index is -0.181. The molecule has 0 saturated carbocycles. The second-order valence-corrected chi connectivity index (χ2v) is 7.61. The molecule has 0 aliphatic carbocycles. The Morgan fingerprint density at radius 2 is 1.71 bits per heavy atom. The number of fused-ring (bicyclic) bond motifs is 1. The summed E-state index contributed by atoms with van der Waals surface area (Å²) >= 11 is 6.04. The van der Waals surface area contributed by atoms with Crippen molar-refractivity contribution in [1.29, 1.82) is 0 Å². The third kappa shape index (κ3) is 4.70. The number of pyridine rings is 1. The van der Waals surface area contributed by atoms with Crippen LogP contribution in [0.5, 0.6) is 5.75 Å². The summed E-state index contributed by atoms with van der Waals surface area (Å²) in [4.78, 5) is 18.1. The number of nitrogens with one attached hydrogen (secondary N) is 1. The van der Waals surface area contributed by atoms with Crippen LogP contribution < -0.4 is 10.1 Å². The van der Waals surface area contributed by atoms with Gasteiger partial charge in [-0.15, -0.1) is 0 Å². The fourth-order valence-electron chi connectivity index (χ4n) is 3.45. The van der Waals surface area contributed by atoms with Gasteiger partial charge in [-0.1, -0.05) is 36.7 Å². The molecular weight excluding hydrogens is 408 g/mol. The predicted octanol–water partition coefficient (Wildman–Crippen LogP) is 6.77. The van der Waals surface area contributed by atoms with E-state index in [1.807, 2.05) is 73.7 Å². The average Bonchev–Trinajstić information content (AvgIpc) is 2.80. The number of aromatic nitrogens is 1. The first-order valence-corrected chi connectivity index (χ1v) is 10.7. The van der Waals surface area contributed by atoms with Crippen molar-refractivity contribution in [3.63, 3.8) is 0 Å². The van der Waals surface area contributed by atoms with Gasteiger partial charge in [-0.3, -0.25) is 4.79 Å². The Kier molecular flexibility index (Phi) is 6.19. The Morgan fingerprint density at radius 3 is 2.39 bits per heavy atom. The van der Waals surface area contributed by atoms with Gasteiger partial charge in [0.15, 0.2) is 0 Å². The lowest BCUT2D eigenvalue weighted by Gasteiger charge is -2.12. The molecule has 0 atom stereocenters. The molecule has 0 aliphatic heterocycles. The van der Waals surface area contributed by atoms with Crippen LogP contribution in [0, 0.1) is 0 Å². The molecule has 0 saturated heterocycles. The molecule has 1 N–H and O–H groups in total. The number of hydrogen-bond donors (Lipinski definition) is 1. The number of anilines is 1. The standard InChI is InChI=1S/C26H23ClN2O2/c1-3-17-5-14-24-22(15-17)23(16-25(29-24)18-6-8-19(27)9-7-18)26(30)28-20-10-12-21(13-11-20)31-4-2/h5-16H,3-4H2,1-2H3,(H,28,30). The molecule has 1 amide bonds. The molecule has 3 aromatic carbocycles. The highest BCUT2D eigenvalue weighted by Gasteiger charge is 2.15. The number of halogens is 1. The van der Waals surface area contributed by atoms with Gasteiger partial charge in [0, 0.05) is 21.7 Å². The zero-order valence-corrected chi connectivity index (χ0v) is 18.2. The highest BCUT2D eigenvalue weighted by atomic mass is 35.5. The van der Waals surface area contributed by atoms with Crippen LogP contribution in [0.4, 0.5) is 5.69 Å². The molecule has 0 radical (unpaired) electrons. The fourth-order valence-corrected chi connectivity index (χ4v) is 3.57. The number of carbonyl (C=O) groups is 1. The second kappa shape index (κ2) is 9.19. The number of carbonyl (C=O) groups excluding carboxylic acids is 1. The van der Waals surface area contributed by atoms with Crippen LogP contribution in [-0.4, -0.2) is 17.5 Å². The van der Waals surface area contributed by atoms with Crippen LogP contribution in [0.15, 0.2) is 72.8 Å². The maximum Gasteiger partial charge on any atom is 0.256 e. The first-order chi connectivity index (χ1) is 15.1. The van der Waals surface area contributed by atoms with Crippen molar-refractivity contribution in [1.82, 2.24) is 4.98 Å². The van der Waals surface area contributed by atoms with E-state index in [4.69, 9.17) is 21.3 Å². The number of amides is 1. The van der Waals surface area contributed by atoms with Gasteiger partial charge in [-0.05, 0) is 73.5 Å². The van der Waals surface area contributed by atoms with Gasteiger partial charge < -0.3 is 10.1 Å². The lowest BCUT2D eigenvalue weighted by molar-refractivity contribution is 0.102. The third-order valence-electron chi connectivity index (χ3n) is 5.09. The molecule has 0 aliphatic rings. The topological polar surface area (TPSA) is 51.2 Å². The Hall–Kier alpha value is -3.37. The molecule has 5 heteroatoms. The van der Waals surface area contributed by atoms with E-state index in [9.17, 15) is 4.79 Å². The summed E-state index contributed by atoms with van der Waals surface area (Å²) in [7, 11) is 0. The van der Waals surface area contributed by atoms with Crippen LogP contribution in [0.25, 0.3) is 22.2 Å². The molecule has 156 valence electrons. The lowest BCUT2D eigenvalue weighted by Crippen LogP contribution is -2.13. The van der Waals surface area contributed by atoms with Crippen molar-refractivity contribution in [3.8, 4) is 17.0 Å². The maximum absolute atomic E-state index is 13.3. The molecule has 1 heterocycles. The van der Waals surface area contributed by atoms with Crippen molar-refractivity contribution in [2.24, 2.45) is 0 Å². The molecule has 31 heavy (non-hydrogen) atoms. The van der Waals surface area contributed by atoms with E-state index in [1.165, 1.54) is 0 Å². The van der Waals surface area contributed by atoms with Crippen LogP contribution in [0.2, 0.25) is 5.02 Å². The highest BCUT2D eigenvalue weighted by molar-refractivity contribution is 6.30. The number of nitrogens with zero attached hydrogens (tertiary/aromatic N) is 1. The number of aryl methyl sites for hydroxylation is 1. The van der Waals surface area contributed by atoms with Crippen LogP contribution >= 0.6 is 11.6 Å². The van der Waals surface area contributed by atoms with E-state index in [2.05, 4.69) is 18.3 Å². The Balaban J connectivity index is 1.75. The maximum atomic E-state index is 13.3. The van der Waals surface area contributed by atoms with E-state index in [-0.39, 0.29) is 5.91 Å². The van der Waals surface area contributed by atoms with Crippen molar-refractivity contribution in [3.05, 3.63) is 88.9 Å². The molecule has 4 rings (SSSR count). The van der Waals surface area contributed by atoms with E-state index in [1.54, 1.807) is 0 Å². The lowest BCUT2D eigenvalue weighted by atomic mass is 10.0. The van der Waals surface area contributed by atoms with Crippen molar-refractivity contribution >= 4 is 34.1 Å². The van der Waals surface area contributed by atoms with Gasteiger partial charge >= 0.3 is 0 Å². The minimum absolute atomic E-state index is 0.181. The molecule has 0 spiro atoms. The van der Waals surface area contributed by atoms with E-state index in [0.717, 1.165) is 39.9 Å².